The number of carbonyl (C=O) groups excluding carboxylic acids is 1. The molecule has 0 radical (unpaired) electrons. The van der Waals surface area contributed by atoms with E-state index in [4.69, 9.17) is 10.7 Å². The van der Waals surface area contributed by atoms with Gasteiger partial charge in [0.1, 0.15) is 12.0 Å². The SMILES string of the molecule is CC1CCC(C(=O)N(C[C@H](F)CN)[C@@H](c2nc(-c3ccccc3)cn2Cc2ccccc2)C(C)(C)C)CC1. The van der Waals surface area contributed by atoms with E-state index in [0.29, 0.717) is 12.5 Å². The van der Waals surface area contributed by atoms with E-state index in [1.807, 2.05) is 48.5 Å². The Bertz CT molecular complexity index is 1160. The standard InChI is InChI=1S/C32H43FN4O/c1-23-15-17-26(18-16-23)31(38)37(21-27(33)19-34)29(32(2,3)4)30-35-28(25-13-9-6-10-14-25)22-36(30)20-24-11-7-5-8-12-24/h5-14,22-23,26-27,29H,15-21,34H2,1-4H3/t23?,26?,27-,29+/m1/s1. The predicted molar refractivity (Wildman–Crippen MR) is 152 cm³/mol. The van der Waals surface area contributed by atoms with Gasteiger partial charge >= 0.3 is 0 Å². The second kappa shape index (κ2) is 12.2. The lowest BCUT2D eigenvalue weighted by atomic mass is 9.80. The number of alkyl halides is 1. The Morgan fingerprint density at radius 2 is 1.66 bits per heavy atom. The molecular weight excluding hydrogens is 475 g/mol. The summed E-state index contributed by atoms with van der Waals surface area (Å²) in [6.07, 6.45) is 4.53. The van der Waals surface area contributed by atoms with E-state index in [0.717, 1.165) is 48.3 Å². The zero-order valence-electron chi connectivity index (χ0n) is 23.3. The fourth-order valence-corrected chi connectivity index (χ4v) is 5.65. The van der Waals surface area contributed by atoms with Crippen LogP contribution in [-0.4, -0.2) is 39.6 Å². The van der Waals surface area contributed by atoms with Gasteiger partial charge < -0.3 is 15.2 Å². The van der Waals surface area contributed by atoms with Crippen LogP contribution in [0.1, 0.15) is 70.8 Å². The van der Waals surface area contributed by atoms with Gasteiger partial charge in [-0.1, -0.05) is 88.4 Å². The number of benzene rings is 2. The van der Waals surface area contributed by atoms with Gasteiger partial charge in [0, 0.05) is 30.8 Å². The van der Waals surface area contributed by atoms with E-state index in [9.17, 15) is 4.79 Å². The Hall–Kier alpha value is -2.99. The van der Waals surface area contributed by atoms with E-state index in [1.165, 1.54) is 0 Å². The molecule has 1 fully saturated rings. The van der Waals surface area contributed by atoms with E-state index in [-0.39, 0.29) is 30.3 Å². The summed E-state index contributed by atoms with van der Waals surface area (Å²) in [6.45, 7) is 9.05. The number of aromatic nitrogens is 2. The minimum absolute atomic E-state index is 0.0256. The van der Waals surface area contributed by atoms with Crippen molar-refractivity contribution in [1.29, 1.82) is 0 Å². The first-order chi connectivity index (χ1) is 18.2. The number of halogens is 1. The minimum atomic E-state index is -1.29. The summed E-state index contributed by atoms with van der Waals surface area (Å²) >= 11 is 0. The molecule has 0 unspecified atom stereocenters. The summed E-state index contributed by atoms with van der Waals surface area (Å²) in [6, 6.07) is 19.9. The van der Waals surface area contributed by atoms with E-state index < -0.39 is 12.2 Å². The fraction of sp³-hybridized carbons (Fsp3) is 0.500. The Morgan fingerprint density at radius 1 is 1.05 bits per heavy atom. The first kappa shape index (κ1) is 28.0. The Kier molecular flexibility index (Phi) is 9.03. The van der Waals surface area contributed by atoms with Crippen molar-refractivity contribution < 1.29 is 9.18 Å². The third-order valence-electron chi connectivity index (χ3n) is 7.75. The lowest BCUT2D eigenvalue weighted by Crippen LogP contribution is -2.49. The van der Waals surface area contributed by atoms with Gasteiger partial charge in [0.05, 0.1) is 18.3 Å². The summed E-state index contributed by atoms with van der Waals surface area (Å²) in [5.74, 6) is 1.35. The average Bonchev–Trinajstić information content (AvgIpc) is 3.31. The van der Waals surface area contributed by atoms with Crippen LogP contribution < -0.4 is 5.73 Å². The van der Waals surface area contributed by atoms with Crippen LogP contribution in [0.3, 0.4) is 0 Å². The number of imidazole rings is 1. The smallest absolute Gasteiger partial charge is 0.226 e. The maximum Gasteiger partial charge on any atom is 0.226 e. The van der Waals surface area contributed by atoms with Crippen molar-refractivity contribution in [3.05, 3.63) is 78.2 Å². The lowest BCUT2D eigenvalue weighted by Gasteiger charge is -2.42. The van der Waals surface area contributed by atoms with Crippen molar-refractivity contribution in [2.24, 2.45) is 23.0 Å². The zero-order chi connectivity index (χ0) is 27.3. The monoisotopic (exact) mass is 518 g/mol. The average molecular weight is 519 g/mol. The number of nitrogens with two attached hydrogens (primary N) is 1. The number of hydrogen-bond acceptors (Lipinski definition) is 3. The van der Waals surface area contributed by atoms with Crippen LogP contribution in [0.2, 0.25) is 0 Å². The van der Waals surface area contributed by atoms with Gasteiger partial charge in [0.15, 0.2) is 0 Å². The molecule has 2 aromatic carbocycles. The molecule has 1 aliphatic rings. The van der Waals surface area contributed by atoms with Gasteiger partial charge in [-0.25, -0.2) is 9.37 Å². The van der Waals surface area contributed by atoms with E-state index in [2.05, 4.69) is 50.6 Å². The molecule has 0 saturated heterocycles. The Balaban J connectivity index is 1.82. The fourth-order valence-electron chi connectivity index (χ4n) is 5.65. The van der Waals surface area contributed by atoms with Crippen molar-refractivity contribution in [3.63, 3.8) is 0 Å². The number of nitrogens with zero attached hydrogens (tertiary/aromatic N) is 3. The molecule has 1 amide bonds. The molecule has 38 heavy (non-hydrogen) atoms. The molecule has 204 valence electrons. The maximum absolute atomic E-state index is 15.0. The van der Waals surface area contributed by atoms with Crippen molar-refractivity contribution in [2.75, 3.05) is 13.1 Å². The molecule has 1 heterocycles. The van der Waals surface area contributed by atoms with Crippen molar-refractivity contribution in [3.8, 4) is 11.3 Å². The summed E-state index contributed by atoms with van der Waals surface area (Å²) in [5.41, 5.74) is 8.36. The lowest BCUT2D eigenvalue weighted by molar-refractivity contribution is -0.143. The second-order valence-electron chi connectivity index (χ2n) is 12.0. The van der Waals surface area contributed by atoms with Gasteiger partial charge in [-0.05, 0) is 42.6 Å². The van der Waals surface area contributed by atoms with Gasteiger partial charge in [-0.3, -0.25) is 4.79 Å². The molecule has 6 heteroatoms. The molecule has 4 rings (SSSR count). The molecule has 1 aromatic heterocycles. The van der Waals surface area contributed by atoms with Gasteiger partial charge in [0.25, 0.3) is 0 Å². The highest BCUT2D eigenvalue weighted by Gasteiger charge is 2.41. The summed E-state index contributed by atoms with van der Waals surface area (Å²) < 4.78 is 17.2. The van der Waals surface area contributed by atoms with Crippen LogP contribution in [0.4, 0.5) is 4.39 Å². The normalized spacial score (nSPS) is 19.6. The molecule has 2 atom stereocenters. The number of rotatable bonds is 9. The topological polar surface area (TPSA) is 64.2 Å². The number of amides is 1. The van der Waals surface area contributed by atoms with Gasteiger partial charge in [-0.2, -0.15) is 0 Å². The highest BCUT2D eigenvalue weighted by molar-refractivity contribution is 5.79. The predicted octanol–water partition coefficient (Wildman–Crippen LogP) is 6.64. The van der Waals surface area contributed by atoms with Crippen molar-refractivity contribution in [1.82, 2.24) is 14.5 Å². The van der Waals surface area contributed by atoms with Gasteiger partial charge in [-0.15, -0.1) is 0 Å². The number of hydrogen-bond donors (Lipinski definition) is 1. The van der Waals surface area contributed by atoms with Crippen molar-refractivity contribution >= 4 is 5.91 Å². The second-order valence-corrected chi connectivity index (χ2v) is 12.0. The van der Waals surface area contributed by atoms with Crippen LogP contribution in [-0.2, 0) is 11.3 Å². The van der Waals surface area contributed by atoms with Gasteiger partial charge in [0.2, 0.25) is 5.91 Å². The van der Waals surface area contributed by atoms with Crippen LogP contribution in [0.15, 0.2) is 66.9 Å². The first-order valence-electron chi connectivity index (χ1n) is 14.0. The summed E-state index contributed by atoms with van der Waals surface area (Å²) in [7, 11) is 0. The molecule has 3 aromatic rings. The molecule has 1 saturated carbocycles. The molecule has 5 nitrogen and oxygen atoms in total. The first-order valence-corrected chi connectivity index (χ1v) is 14.0. The third kappa shape index (κ3) is 6.71. The van der Waals surface area contributed by atoms with Crippen LogP contribution >= 0.6 is 0 Å². The molecular formula is C32H43FN4O. The third-order valence-corrected chi connectivity index (χ3v) is 7.75. The van der Waals surface area contributed by atoms with Crippen molar-refractivity contribution in [2.45, 2.75) is 72.1 Å². The molecule has 1 aliphatic carbocycles. The summed E-state index contributed by atoms with van der Waals surface area (Å²) in [4.78, 5) is 21.1. The highest BCUT2D eigenvalue weighted by Crippen LogP contribution is 2.41. The largest absolute Gasteiger partial charge is 0.329 e. The van der Waals surface area contributed by atoms with E-state index >= 15 is 4.39 Å². The minimum Gasteiger partial charge on any atom is -0.329 e. The van der Waals surface area contributed by atoms with Crippen LogP contribution in [0.5, 0.6) is 0 Å². The molecule has 0 aliphatic heterocycles. The number of carbonyl (C=O) groups is 1. The van der Waals surface area contributed by atoms with Crippen LogP contribution in [0, 0.1) is 17.3 Å². The highest BCUT2D eigenvalue weighted by atomic mass is 19.1. The molecule has 0 spiro atoms. The Labute approximate surface area is 227 Å². The summed E-state index contributed by atoms with van der Waals surface area (Å²) in [5, 5.41) is 0. The molecule has 0 bridgehead atoms. The maximum atomic E-state index is 15.0. The zero-order valence-corrected chi connectivity index (χ0v) is 23.3. The Morgan fingerprint density at radius 3 is 2.24 bits per heavy atom. The van der Waals surface area contributed by atoms with E-state index in [1.54, 1.807) is 4.90 Å². The molecule has 2 N–H and O–H groups in total. The quantitative estimate of drug-likeness (QED) is 0.345. The van der Waals surface area contributed by atoms with Crippen LogP contribution in [0.25, 0.3) is 11.3 Å².